The first kappa shape index (κ1) is 18.4. The second kappa shape index (κ2) is 7.35. The van der Waals surface area contributed by atoms with Gasteiger partial charge in [0.1, 0.15) is 0 Å². The topological polar surface area (TPSA) is 59.1 Å². The van der Waals surface area contributed by atoms with Gasteiger partial charge in [-0.25, -0.2) is 0 Å². The first-order valence-electron chi connectivity index (χ1n) is 4.51. The Hall–Kier alpha value is -0.000000000000000111. The molecule has 1 atom stereocenters. The molecule has 0 bridgehead atoms. The lowest BCUT2D eigenvalue weighted by molar-refractivity contribution is 0.0779. The zero-order valence-electron chi connectivity index (χ0n) is 9.25. The van der Waals surface area contributed by atoms with E-state index < -0.39 is 5.60 Å². The maximum absolute atomic E-state index is 9.81. The molecule has 0 aliphatic carbocycles. The normalized spacial score (nSPS) is 12.3. The van der Waals surface area contributed by atoms with E-state index in [-0.39, 0.29) is 30.1 Å². The van der Waals surface area contributed by atoms with Crippen molar-refractivity contribution >= 4 is 37.4 Å². The van der Waals surface area contributed by atoms with Crippen LogP contribution in [0.25, 0.3) is 0 Å². The van der Waals surface area contributed by atoms with Gasteiger partial charge in [0.2, 0.25) is 0 Å². The maximum atomic E-state index is 9.81. The number of pyridine rings is 1. The summed E-state index contributed by atoms with van der Waals surface area (Å²) in [6.07, 6.45) is 1.69. The fraction of sp³-hybridized carbons (Fsp3) is 0.500. The van der Waals surface area contributed by atoms with Gasteiger partial charge < -0.3 is 10.8 Å². The minimum Gasteiger partial charge on any atom is -0.389 e. The van der Waals surface area contributed by atoms with Crippen LogP contribution in [0.4, 0.5) is 0 Å². The van der Waals surface area contributed by atoms with Crippen LogP contribution >= 0.6 is 37.4 Å². The van der Waals surface area contributed by atoms with Crippen LogP contribution in [0.2, 0.25) is 0 Å². The summed E-state index contributed by atoms with van der Waals surface area (Å²) >= 11 is 4.38. The highest BCUT2D eigenvalue weighted by Gasteiger charge is 2.26. The molecule has 1 unspecified atom stereocenters. The first-order valence-corrected chi connectivity index (χ1v) is 5.02. The Kier molecular flexibility index (Phi) is 8.44. The third-order valence-corrected chi connectivity index (χ3v) is 2.99. The minimum atomic E-state index is -0.879. The smallest absolute Gasteiger partial charge is 0.0748 e. The van der Waals surface area contributed by atoms with Gasteiger partial charge in [-0.2, -0.15) is 12.6 Å². The number of nitrogens with two attached hydrogens (primary N) is 1. The molecule has 0 fully saturated rings. The predicted octanol–water partition coefficient (Wildman–Crippen LogP) is 2.13. The first-order chi connectivity index (χ1) is 6.46. The lowest BCUT2D eigenvalue weighted by Crippen LogP contribution is -2.26. The van der Waals surface area contributed by atoms with Crippen LogP contribution in [-0.2, 0) is 6.54 Å². The highest BCUT2D eigenvalue weighted by atomic mass is 35.5. The molecule has 3 N–H and O–H groups in total. The number of hydrogen-bond acceptors (Lipinski definition) is 4. The van der Waals surface area contributed by atoms with Crippen molar-refractivity contribution in [2.75, 3.05) is 0 Å². The summed E-state index contributed by atoms with van der Waals surface area (Å²) in [7, 11) is 0. The van der Waals surface area contributed by atoms with Gasteiger partial charge in [-0.3, -0.25) is 4.98 Å². The van der Waals surface area contributed by atoms with E-state index in [9.17, 15) is 5.11 Å². The van der Waals surface area contributed by atoms with Gasteiger partial charge in [0.05, 0.1) is 16.5 Å². The number of thiol groups is 1. The Morgan fingerprint density at radius 2 is 2.06 bits per heavy atom. The lowest BCUT2D eigenvalue weighted by Gasteiger charge is -2.26. The molecule has 0 amide bonds. The van der Waals surface area contributed by atoms with Gasteiger partial charge in [0.15, 0.2) is 0 Å². The number of rotatable bonds is 3. The summed E-state index contributed by atoms with van der Waals surface area (Å²) in [6, 6.07) is 3.72. The van der Waals surface area contributed by atoms with E-state index in [0.717, 1.165) is 11.3 Å². The van der Waals surface area contributed by atoms with Gasteiger partial charge >= 0.3 is 0 Å². The molecular weight excluding hydrogens is 267 g/mol. The molecule has 3 nitrogen and oxygen atoms in total. The number of nitrogens with zero attached hydrogens (tertiary/aromatic N) is 1. The van der Waals surface area contributed by atoms with Crippen molar-refractivity contribution in [1.29, 1.82) is 0 Å². The Balaban J connectivity index is 0. The van der Waals surface area contributed by atoms with Crippen LogP contribution in [-0.4, -0.2) is 15.7 Å². The summed E-state index contributed by atoms with van der Waals surface area (Å²) in [4.78, 5) is 4.15. The van der Waals surface area contributed by atoms with Crippen molar-refractivity contribution in [1.82, 2.24) is 4.98 Å². The standard InChI is InChI=1S/C10H16N2OS.2ClH/c1-10(2,13)9(14)7-4-3-5-12-8(7)6-11;;/h3-5,9,13-14H,6,11H2,1-2H3;2*1H. The fourth-order valence-electron chi connectivity index (χ4n) is 1.25. The summed E-state index contributed by atoms with van der Waals surface area (Å²) in [5.41, 5.74) is 6.36. The highest BCUT2D eigenvalue weighted by molar-refractivity contribution is 7.80. The highest BCUT2D eigenvalue weighted by Crippen LogP contribution is 2.32. The van der Waals surface area contributed by atoms with Crippen LogP contribution < -0.4 is 5.73 Å². The average Bonchev–Trinajstić information content (AvgIpc) is 2.15. The van der Waals surface area contributed by atoms with Crippen LogP contribution in [0.3, 0.4) is 0 Å². The largest absolute Gasteiger partial charge is 0.389 e. The van der Waals surface area contributed by atoms with Gasteiger partial charge in [0, 0.05) is 12.7 Å². The molecule has 0 saturated carbocycles. The molecule has 1 aromatic heterocycles. The van der Waals surface area contributed by atoms with Crippen LogP contribution in [0, 0.1) is 0 Å². The van der Waals surface area contributed by atoms with E-state index in [1.165, 1.54) is 0 Å². The summed E-state index contributed by atoms with van der Waals surface area (Å²) in [6.45, 7) is 3.80. The quantitative estimate of drug-likeness (QED) is 0.746. The summed E-state index contributed by atoms with van der Waals surface area (Å²) < 4.78 is 0. The fourth-order valence-corrected chi connectivity index (χ4v) is 1.49. The van der Waals surface area contributed by atoms with Crippen LogP contribution in [0.5, 0.6) is 0 Å². The summed E-state index contributed by atoms with van der Waals surface area (Å²) in [5.74, 6) is 0. The molecule has 1 aromatic rings. The molecule has 0 aliphatic heterocycles. The predicted molar refractivity (Wildman–Crippen MR) is 74.6 cm³/mol. The van der Waals surface area contributed by atoms with E-state index in [2.05, 4.69) is 17.6 Å². The van der Waals surface area contributed by atoms with Crippen molar-refractivity contribution in [3.05, 3.63) is 29.6 Å². The number of aromatic nitrogens is 1. The van der Waals surface area contributed by atoms with Gasteiger partial charge in [-0.1, -0.05) is 6.07 Å². The molecule has 0 spiro atoms. The van der Waals surface area contributed by atoms with Crippen LogP contribution in [0.1, 0.15) is 30.4 Å². The SMILES string of the molecule is CC(C)(O)C(S)c1cccnc1CN.Cl.Cl. The molecule has 0 saturated heterocycles. The third kappa shape index (κ3) is 4.47. The molecule has 0 radical (unpaired) electrons. The average molecular weight is 285 g/mol. The van der Waals surface area contributed by atoms with Crippen molar-refractivity contribution in [3.8, 4) is 0 Å². The second-order valence-corrected chi connectivity index (χ2v) is 4.32. The van der Waals surface area contributed by atoms with Crippen molar-refractivity contribution in [2.45, 2.75) is 31.2 Å². The monoisotopic (exact) mass is 284 g/mol. The number of halogens is 2. The van der Waals surface area contributed by atoms with E-state index in [1.54, 1.807) is 20.0 Å². The Labute approximate surface area is 114 Å². The number of aliphatic hydroxyl groups is 1. The molecule has 16 heavy (non-hydrogen) atoms. The van der Waals surface area contributed by atoms with Gasteiger partial charge in [-0.05, 0) is 25.5 Å². The minimum absolute atomic E-state index is 0. The molecule has 0 aromatic carbocycles. The van der Waals surface area contributed by atoms with E-state index in [4.69, 9.17) is 5.73 Å². The maximum Gasteiger partial charge on any atom is 0.0748 e. The van der Waals surface area contributed by atoms with Crippen molar-refractivity contribution < 1.29 is 5.11 Å². The second-order valence-electron chi connectivity index (χ2n) is 3.80. The van der Waals surface area contributed by atoms with Gasteiger partial charge in [0.25, 0.3) is 0 Å². The summed E-state index contributed by atoms with van der Waals surface area (Å²) in [5, 5.41) is 9.55. The lowest BCUT2D eigenvalue weighted by atomic mass is 9.96. The van der Waals surface area contributed by atoms with E-state index in [0.29, 0.717) is 6.54 Å². The van der Waals surface area contributed by atoms with E-state index >= 15 is 0 Å². The van der Waals surface area contributed by atoms with E-state index in [1.807, 2.05) is 12.1 Å². The molecule has 6 heteroatoms. The molecule has 0 aliphatic rings. The van der Waals surface area contributed by atoms with Crippen molar-refractivity contribution in [2.24, 2.45) is 5.73 Å². The molecule has 1 heterocycles. The Morgan fingerprint density at radius 3 is 2.50 bits per heavy atom. The van der Waals surface area contributed by atoms with Gasteiger partial charge in [-0.15, -0.1) is 24.8 Å². The zero-order chi connectivity index (χ0) is 10.8. The Bertz CT molecular complexity index is 318. The van der Waals surface area contributed by atoms with Crippen LogP contribution in [0.15, 0.2) is 18.3 Å². The molecule has 1 rings (SSSR count). The van der Waals surface area contributed by atoms with Crippen molar-refractivity contribution in [3.63, 3.8) is 0 Å². The zero-order valence-corrected chi connectivity index (χ0v) is 11.8. The molecule has 94 valence electrons. The molecular formula is C10H18Cl2N2OS. The Morgan fingerprint density at radius 1 is 1.50 bits per heavy atom. The third-order valence-electron chi connectivity index (χ3n) is 2.08. The number of hydrogen-bond donors (Lipinski definition) is 3.